The molecule has 0 saturated carbocycles. The number of rotatable bonds is 1. The molecule has 0 atom stereocenters. The minimum atomic E-state index is -0.964. The van der Waals surface area contributed by atoms with Crippen molar-refractivity contribution in [3.8, 4) is 0 Å². The quantitative estimate of drug-likeness (QED) is 0.762. The van der Waals surface area contributed by atoms with Crippen LogP contribution in [-0.4, -0.2) is 53.1 Å². The number of nitrogen functional groups attached to an aromatic ring is 1. The highest BCUT2D eigenvalue weighted by molar-refractivity contribution is 6.31. The van der Waals surface area contributed by atoms with Gasteiger partial charge in [-0.2, -0.15) is 0 Å². The van der Waals surface area contributed by atoms with Crippen LogP contribution in [-0.2, 0) is 0 Å². The van der Waals surface area contributed by atoms with Crippen molar-refractivity contribution < 1.29 is 14.7 Å². The van der Waals surface area contributed by atoms with Gasteiger partial charge in [-0.1, -0.05) is 11.6 Å². The third-order valence-corrected chi connectivity index (χ3v) is 3.32. The van der Waals surface area contributed by atoms with Crippen LogP contribution < -0.4 is 5.73 Å². The number of hydrogen-bond acceptors (Lipinski definition) is 3. The van der Waals surface area contributed by atoms with Crippen LogP contribution in [0.25, 0.3) is 0 Å². The standard InChI is InChI=1S/C12H14ClN3O3/c13-8-1-2-10(14)9(7-8)11(17)15-3-5-16(6-4-15)12(18)19/h1-2,7H,3-6,14H2,(H,18,19). The summed E-state index contributed by atoms with van der Waals surface area (Å²) >= 11 is 5.85. The highest BCUT2D eigenvalue weighted by Crippen LogP contribution is 2.20. The molecule has 1 saturated heterocycles. The number of anilines is 1. The molecule has 1 aromatic rings. The van der Waals surface area contributed by atoms with Gasteiger partial charge in [-0.3, -0.25) is 4.79 Å². The number of halogens is 1. The number of benzene rings is 1. The summed E-state index contributed by atoms with van der Waals surface area (Å²) in [4.78, 5) is 25.9. The Labute approximate surface area is 115 Å². The average Bonchev–Trinajstić information content (AvgIpc) is 2.41. The molecule has 0 spiro atoms. The van der Waals surface area contributed by atoms with Gasteiger partial charge in [-0.05, 0) is 18.2 Å². The van der Waals surface area contributed by atoms with E-state index in [1.807, 2.05) is 0 Å². The first-order valence-corrected chi connectivity index (χ1v) is 6.19. The van der Waals surface area contributed by atoms with Gasteiger partial charge in [0.15, 0.2) is 0 Å². The normalized spacial score (nSPS) is 15.4. The largest absolute Gasteiger partial charge is 0.465 e. The number of nitrogens with zero attached hydrogens (tertiary/aromatic N) is 2. The van der Waals surface area contributed by atoms with E-state index >= 15 is 0 Å². The average molecular weight is 284 g/mol. The van der Waals surface area contributed by atoms with Crippen LogP contribution in [0.5, 0.6) is 0 Å². The molecule has 0 bridgehead atoms. The summed E-state index contributed by atoms with van der Waals surface area (Å²) in [6, 6.07) is 4.74. The zero-order valence-electron chi connectivity index (χ0n) is 10.2. The van der Waals surface area contributed by atoms with E-state index in [1.165, 1.54) is 11.0 Å². The van der Waals surface area contributed by atoms with E-state index in [9.17, 15) is 9.59 Å². The summed E-state index contributed by atoms with van der Waals surface area (Å²) in [7, 11) is 0. The summed E-state index contributed by atoms with van der Waals surface area (Å²) in [5.74, 6) is -0.218. The monoisotopic (exact) mass is 283 g/mol. The van der Waals surface area contributed by atoms with Crippen LogP contribution in [0.2, 0.25) is 5.02 Å². The van der Waals surface area contributed by atoms with Crippen LogP contribution in [0.1, 0.15) is 10.4 Å². The number of amides is 2. The van der Waals surface area contributed by atoms with Crippen molar-refractivity contribution in [3.05, 3.63) is 28.8 Å². The summed E-state index contributed by atoms with van der Waals surface area (Å²) in [5.41, 5.74) is 6.49. The molecule has 1 aliphatic rings. The first kappa shape index (κ1) is 13.5. The minimum absolute atomic E-state index is 0.218. The second-order valence-electron chi connectivity index (χ2n) is 4.29. The van der Waals surface area contributed by atoms with E-state index in [-0.39, 0.29) is 5.91 Å². The van der Waals surface area contributed by atoms with Crippen molar-refractivity contribution in [2.45, 2.75) is 0 Å². The molecule has 6 nitrogen and oxygen atoms in total. The molecule has 1 aromatic carbocycles. The first-order chi connectivity index (χ1) is 8.99. The third kappa shape index (κ3) is 2.90. The summed E-state index contributed by atoms with van der Waals surface area (Å²) in [5, 5.41) is 9.29. The van der Waals surface area contributed by atoms with Gasteiger partial charge in [0, 0.05) is 36.9 Å². The fourth-order valence-electron chi connectivity index (χ4n) is 1.98. The lowest BCUT2D eigenvalue weighted by Gasteiger charge is -2.33. The van der Waals surface area contributed by atoms with Crippen molar-refractivity contribution >= 4 is 29.3 Å². The molecule has 0 aromatic heterocycles. The predicted molar refractivity (Wildman–Crippen MR) is 71.4 cm³/mol. The van der Waals surface area contributed by atoms with Crippen molar-refractivity contribution in [2.24, 2.45) is 0 Å². The topological polar surface area (TPSA) is 86.9 Å². The second kappa shape index (κ2) is 5.36. The molecule has 102 valence electrons. The van der Waals surface area contributed by atoms with Crippen LogP contribution in [0.15, 0.2) is 18.2 Å². The van der Waals surface area contributed by atoms with E-state index in [1.54, 1.807) is 17.0 Å². The Hall–Kier alpha value is -1.95. The van der Waals surface area contributed by atoms with Gasteiger partial charge in [-0.25, -0.2) is 4.79 Å². The van der Waals surface area contributed by atoms with E-state index in [4.69, 9.17) is 22.4 Å². The van der Waals surface area contributed by atoms with Gasteiger partial charge >= 0.3 is 6.09 Å². The molecule has 1 fully saturated rings. The number of piperazine rings is 1. The first-order valence-electron chi connectivity index (χ1n) is 5.81. The maximum atomic E-state index is 12.3. The lowest BCUT2D eigenvalue weighted by atomic mass is 10.1. The van der Waals surface area contributed by atoms with Gasteiger partial charge in [-0.15, -0.1) is 0 Å². The molecule has 1 aliphatic heterocycles. The van der Waals surface area contributed by atoms with Crippen molar-refractivity contribution in [3.63, 3.8) is 0 Å². The molecular weight excluding hydrogens is 270 g/mol. The van der Waals surface area contributed by atoms with Crippen LogP contribution >= 0.6 is 11.6 Å². The van der Waals surface area contributed by atoms with Crippen LogP contribution in [0.4, 0.5) is 10.5 Å². The Morgan fingerprint density at radius 2 is 1.74 bits per heavy atom. The smallest absolute Gasteiger partial charge is 0.407 e. The number of nitrogens with two attached hydrogens (primary N) is 1. The van der Waals surface area contributed by atoms with E-state index in [0.29, 0.717) is 42.5 Å². The molecule has 7 heteroatoms. The SMILES string of the molecule is Nc1ccc(Cl)cc1C(=O)N1CCN(C(=O)O)CC1. The molecule has 1 heterocycles. The number of carbonyl (C=O) groups excluding carboxylic acids is 1. The lowest BCUT2D eigenvalue weighted by molar-refractivity contribution is 0.0626. The van der Waals surface area contributed by atoms with E-state index in [2.05, 4.69) is 0 Å². The maximum absolute atomic E-state index is 12.3. The number of carbonyl (C=O) groups is 2. The summed E-state index contributed by atoms with van der Waals surface area (Å²) < 4.78 is 0. The lowest BCUT2D eigenvalue weighted by Crippen LogP contribution is -2.50. The van der Waals surface area contributed by atoms with Crippen molar-refractivity contribution in [1.82, 2.24) is 9.80 Å². The maximum Gasteiger partial charge on any atom is 0.407 e. The van der Waals surface area contributed by atoms with Crippen molar-refractivity contribution in [1.29, 1.82) is 0 Å². The van der Waals surface area contributed by atoms with Gasteiger partial charge in [0.25, 0.3) is 5.91 Å². The minimum Gasteiger partial charge on any atom is -0.465 e. The molecule has 2 rings (SSSR count). The van der Waals surface area contributed by atoms with Gasteiger partial charge in [0.2, 0.25) is 0 Å². The fourth-order valence-corrected chi connectivity index (χ4v) is 2.16. The summed E-state index contributed by atoms with van der Waals surface area (Å²) in [6.45, 7) is 1.33. The Bertz CT molecular complexity index is 513. The molecule has 0 radical (unpaired) electrons. The van der Waals surface area contributed by atoms with Crippen LogP contribution in [0.3, 0.4) is 0 Å². The van der Waals surface area contributed by atoms with Gasteiger partial charge < -0.3 is 20.6 Å². The molecular formula is C12H14ClN3O3. The summed E-state index contributed by atoms with van der Waals surface area (Å²) in [6.07, 6.45) is -0.964. The Morgan fingerprint density at radius 1 is 1.16 bits per heavy atom. The zero-order chi connectivity index (χ0) is 14.0. The molecule has 0 aliphatic carbocycles. The van der Waals surface area contributed by atoms with Gasteiger partial charge in [0.05, 0.1) is 5.56 Å². The van der Waals surface area contributed by atoms with E-state index in [0.717, 1.165) is 0 Å². The Balaban J connectivity index is 2.09. The van der Waals surface area contributed by atoms with Crippen molar-refractivity contribution in [2.75, 3.05) is 31.9 Å². The van der Waals surface area contributed by atoms with Gasteiger partial charge in [0.1, 0.15) is 0 Å². The Kier molecular flexibility index (Phi) is 3.80. The predicted octanol–water partition coefficient (Wildman–Crippen LogP) is 1.36. The molecule has 0 unspecified atom stereocenters. The fraction of sp³-hybridized carbons (Fsp3) is 0.333. The molecule has 3 N–H and O–H groups in total. The molecule has 2 amide bonds. The Morgan fingerprint density at radius 3 is 2.32 bits per heavy atom. The molecule has 19 heavy (non-hydrogen) atoms. The third-order valence-electron chi connectivity index (χ3n) is 3.08. The number of carboxylic acid groups (broad SMARTS) is 1. The highest BCUT2D eigenvalue weighted by Gasteiger charge is 2.25. The highest BCUT2D eigenvalue weighted by atomic mass is 35.5. The van der Waals surface area contributed by atoms with Crippen LogP contribution in [0, 0.1) is 0 Å². The van der Waals surface area contributed by atoms with E-state index < -0.39 is 6.09 Å². The second-order valence-corrected chi connectivity index (χ2v) is 4.73. The zero-order valence-corrected chi connectivity index (χ0v) is 10.9. The number of hydrogen-bond donors (Lipinski definition) is 2.